The summed E-state index contributed by atoms with van der Waals surface area (Å²) in [5.41, 5.74) is 2.00. The molecule has 0 radical (unpaired) electrons. The molecule has 1 aliphatic carbocycles. The predicted molar refractivity (Wildman–Crippen MR) is 109 cm³/mol. The fourth-order valence-electron chi connectivity index (χ4n) is 3.67. The number of nitrogens with zero attached hydrogens (tertiary/aromatic N) is 1. The van der Waals surface area contributed by atoms with Crippen molar-refractivity contribution in [1.29, 1.82) is 0 Å². The van der Waals surface area contributed by atoms with Crippen molar-refractivity contribution < 1.29 is 5.11 Å². The highest BCUT2D eigenvalue weighted by atomic mass is 16.3. The van der Waals surface area contributed by atoms with Gasteiger partial charge >= 0.3 is 0 Å². The van der Waals surface area contributed by atoms with Crippen LogP contribution in [0.3, 0.4) is 0 Å². The van der Waals surface area contributed by atoms with Crippen LogP contribution in [0.5, 0.6) is 0 Å². The van der Waals surface area contributed by atoms with Gasteiger partial charge in [-0.05, 0) is 56.6 Å². The van der Waals surface area contributed by atoms with E-state index in [0.717, 1.165) is 42.5 Å². The van der Waals surface area contributed by atoms with E-state index >= 15 is 0 Å². The van der Waals surface area contributed by atoms with Gasteiger partial charge in [0.2, 0.25) is 0 Å². The molecule has 1 fully saturated rings. The Balaban J connectivity index is 2.01. The third-order valence-corrected chi connectivity index (χ3v) is 4.98. The van der Waals surface area contributed by atoms with Gasteiger partial charge in [0.05, 0.1) is 0 Å². The summed E-state index contributed by atoms with van der Waals surface area (Å²) in [5.74, 6) is 6.57. The van der Waals surface area contributed by atoms with E-state index in [-0.39, 0.29) is 5.92 Å². The molecule has 0 bridgehead atoms. The Morgan fingerprint density at radius 3 is 2.38 bits per heavy atom. The van der Waals surface area contributed by atoms with Crippen LogP contribution in [0.4, 0.5) is 0 Å². The second kappa shape index (κ2) is 8.36. The number of hydrogen-bond acceptors (Lipinski definition) is 2. The molecule has 0 spiro atoms. The lowest BCUT2D eigenvalue weighted by Crippen LogP contribution is -2.46. The molecule has 0 aromatic heterocycles. The molecule has 2 nitrogen and oxygen atoms in total. The van der Waals surface area contributed by atoms with Crippen molar-refractivity contribution in [3.63, 3.8) is 0 Å². The van der Waals surface area contributed by atoms with Crippen molar-refractivity contribution in [2.75, 3.05) is 20.6 Å². The van der Waals surface area contributed by atoms with Crippen LogP contribution < -0.4 is 0 Å². The molecule has 1 N–H and O–H groups in total. The second-order valence-corrected chi connectivity index (χ2v) is 7.31. The average Bonchev–Trinajstić information content (AvgIpc) is 2.65. The highest BCUT2D eigenvalue weighted by Crippen LogP contribution is 2.39. The maximum atomic E-state index is 11.7. The Morgan fingerprint density at radius 2 is 1.73 bits per heavy atom. The van der Waals surface area contributed by atoms with Gasteiger partial charge < -0.3 is 10.0 Å². The van der Waals surface area contributed by atoms with Crippen molar-refractivity contribution in [2.24, 2.45) is 5.92 Å². The first-order valence-electron chi connectivity index (χ1n) is 9.29. The summed E-state index contributed by atoms with van der Waals surface area (Å²) >= 11 is 0. The summed E-state index contributed by atoms with van der Waals surface area (Å²) in [4.78, 5) is 2.14. The van der Waals surface area contributed by atoms with Crippen LogP contribution in [0.15, 0.2) is 66.2 Å². The molecule has 26 heavy (non-hydrogen) atoms. The zero-order chi connectivity index (χ0) is 18.4. The van der Waals surface area contributed by atoms with Crippen molar-refractivity contribution in [3.05, 3.63) is 77.4 Å². The topological polar surface area (TPSA) is 23.5 Å². The standard InChI is InChI=1S/C24H27NO/c1-25(2)19-23-15-9-14-22(18-21-12-7-4-8-13-21)24(23,26)17-16-20-10-5-3-6-11-20/h3-8,10-13,18,23,26H,9,14-15,19H2,1-2H3. The molecule has 134 valence electrons. The Bertz CT molecular complexity index is 798. The Labute approximate surface area is 157 Å². The molecular formula is C24H27NO. The third kappa shape index (κ3) is 4.43. The van der Waals surface area contributed by atoms with Gasteiger partial charge in [0, 0.05) is 18.0 Å². The Kier molecular flexibility index (Phi) is 5.93. The minimum atomic E-state index is -1.09. The molecule has 0 amide bonds. The predicted octanol–water partition coefficient (Wildman–Crippen LogP) is 4.21. The summed E-state index contributed by atoms with van der Waals surface area (Å²) < 4.78 is 0. The lowest BCUT2D eigenvalue weighted by Gasteiger charge is -2.40. The molecule has 2 unspecified atom stereocenters. The smallest absolute Gasteiger partial charge is 0.151 e. The summed E-state index contributed by atoms with van der Waals surface area (Å²) in [7, 11) is 4.11. The largest absolute Gasteiger partial charge is 0.373 e. The van der Waals surface area contributed by atoms with Gasteiger partial charge in [-0.3, -0.25) is 0 Å². The maximum Gasteiger partial charge on any atom is 0.151 e. The van der Waals surface area contributed by atoms with E-state index in [1.807, 2.05) is 48.5 Å². The van der Waals surface area contributed by atoms with E-state index < -0.39 is 5.60 Å². The first-order valence-corrected chi connectivity index (χ1v) is 9.29. The number of rotatable bonds is 3. The maximum absolute atomic E-state index is 11.7. The molecule has 2 aromatic carbocycles. The summed E-state index contributed by atoms with van der Waals surface area (Å²) in [5, 5.41) is 11.7. The number of benzene rings is 2. The molecule has 2 aromatic rings. The molecule has 1 aliphatic rings. The van der Waals surface area contributed by atoms with Crippen molar-refractivity contribution >= 4 is 6.08 Å². The molecular weight excluding hydrogens is 318 g/mol. The van der Waals surface area contributed by atoms with E-state index in [1.54, 1.807) is 0 Å². The lowest BCUT2D eigenvalue weighted by molar-refractivity contribution is 0.0374. The Hall–Kier alpha value is -2.34. The minimum absolute atomic E-state index is 0.109. The summed E-state index contributed by atoms with van der Waals surface area (Å²) in [6.45, 7) is 0.825. The molecule has 1 saturated carbocycles. The quantitative estimate of drug-likeness (QED) is 0.842. The molecule has 2 heteroatoms. The van der Waals surface area contributed by atoms with Crippen LogP contribution in [0.25, 0.3) is 6.08 Å². The van der Waals surface area contributed by atoms with Crippen LogP contribution in [0.1, 0.15) is 30.4 Å². The van der Waals surface area contributed by atoms with Gasteiger partial charge in [0.15, 0.2) is 5.60 Å². The van der Waals surface area contributed by atoms with Gasteiger partial charge in [-0.25, -0.2) is 0 Å². The second-order valence-electron chi connectivity index (χ2n) is 7.31. The van der Waals surface area contributed by atoms with E-state index in [4.69, 9.17) is 0 Å². The molecule has 2 atom stereocenters. The summed E-state index contributed by atoms with van der Waals surface area (Å²) in [6.07, 6.45) is 5.09. The minimum Gasteiger partial charge on any atom is -0.373 e. The van der Waals surface area contributed by atoms with Gasteiger partial charge in [-0.15, -0.1) is 0 Å². The Morgan fingerprint density at radius 1 is 1.08 bits per heavy atom. The van der Waals surface area contributed by atoms with E-state index in [1.165, 1.54) is 0 Å². The van der Waals surface area contributed by atoms with Crippen molar-refractivity contribution in [1.82, 2.24) is 4.90 Å². The highest BCUT2D eigenvalue weighted by Gasteiger charge is 2.41. The fourth-order valence-corrected chi connectivity index (χ4v) is 3.67. The van der Waals surface area contributed by atoms with Crippen molar-refractivity contribution in [2.45, 2.75) is 24.9 Å². The van der Waals surface area contributed by atoms with E-state index in [0.29, 0.717) is 0 Å². The highest BCUT2D eigenvalue weighted by molar-refractivity contribution is 5.58. The third-order valence-electron chi connectivity index (χ3n) is 4.98. The summed E-state index contributed by atoms with van der Waals surface area (Å²) in [6, 6.07) is 20.1. The van der Waals surface area contributed by atoms with E-state index in [9.17, 15) is 5.11 Å². The van der Waals surface area contributed by atoms with Gasteiger partial charge in [-0.2, -0.15) is 0 Å². The molecule has 0 heterocycles. The lowest BCUT2D eigenvalue weighted by atomic mass is 9.71. The van der Waals surface area contributed by atoms with Crippen LogP contribution in [0.2, 0.25) is 0 Å². The van der Waals surface area contributed by atoms with Crippen LogP contribution >= 0.6 is 0 Å². The molecule has 3 rings (SSSR count). The average molecular weight is 345 g/mol. The molecule has 0 saturated heterocycles. The monoisotopic (exact) mass is 345 g/mol. The van der Waals surface area contributed by atoms with Gasteiger partial charge in [0.1, 0.15) is 0 Å². The first-order chi connectivity index (χ1) is 12.6. The van der Waals surface area contributed by atoms with Crippen LogP contribution in [0, 0.1) is 17.8 Å². The SMILES string of the molecule is CN(C)CC1CCCC(=Cc2ccccc2)C1(O)C#Cc1ccccc1. The van der Waals surface area contributed by atoms with Crippen molar-refractivity contribution in [3.8, 4) is 11.8 Å². The number of aliphatic hydroxyl groups is 1. The first kappa shape index (κ1) is 18.5. The van der Waals surface area contributed by atoms with Gasteiger partial charge in [0.25, 0.3) is 0 Å². The zero-order valence-electron chi connectivity index (χ0n) is 15.7. The van der Waals surface area contributed by atoms with E-state index in [2.05, 4.69) is 49.0 Å². The fraction of sp³-hybridized carbons (Fsp3) is 0.333. The van der Waals surface area contributed by atoms with Crippen LogP contribution in [-0.2, 0) is 0 Å². The normalized spacial score (nSPS) is 24.3. The van der Waals surface area contributed by atoms with Gasteiger partial charge in [-0.1, -0.05) is 66.4 Å². The molecule has 0 aliphatic heterocycles. The zero-order valence-corrected chi connectivity index (χ0v) is 15.7. The number of hydrogen-bond donors (Lipinski definition) is 1. The van der Waals surface area contributed by atoms with Crippen LogP contribution in [-0.4, -0.2) is 36.2 Å².